The SMILES string of the molecule is [CH2]CC(=O)CC(CC)CCCC. The fourth-order valence-electron chi connectivity index (χ4n) is 1.37. The Morgan fingerprint density at radius 1 is 1.42 bits per heavy atom. The van der Waals surface area contributed by atoms with Gasteiger partial charge in [-0.15, -0.1) is 0 Å². The molecule has 0 aromatic heterocycles. The van der Waals surface area contributed by atoms with Crippen LogP contribution >= 0.6 is 0 Å². The van der Waals surface area contributed by atoms with E-state index >= 15 is 0 Å². The molecule has 0 heterocycles. The standard InChI is InChI=1S/C11H21O/c1-4-7-8-10(5-2)9-11(12)6-3/h10H,3-9H2,1-2H3. The highest BCUT2D eigenvalue weighted by Crippen LogP contribution is 2.17. The Morgan fingerprint density at radius 2 is 2.08 bits per heavy atom. The summed E-state index contributed by atoms with van der Waals surface area (Å²) in [7, 11) is 0. The third-order valence-corrected chi connectivity index (χ3v) is 2.34. The van der Waals surface area contributed by atoms with Gasteiger partial charge < -0.3 is 0 Å². The van der Waals surface area contributed by atoms with E-state index in [0.717, 1.165) is 12.8 Å². The first-order chi connectivity index (χ1) is 5.74. The molecule has 0 amide bonds. The lowest BCUT2D eigenvalue weighted by Gasteiger charge is -2.12. The molecule has 0 aromatic carbocycles. The van der Waals surface area contributed by atoms with Crippen LogP contribution in [0.15, 0.2) is 0 Å². The van der Waals surface area contributed by atoms with Crippen LogP contribution in [0.4, 0.5) is 0 Å². The summed E-state index contributed by atoms with van der Waals surface area (Å²) in [5.41, 5.74) is 0. The van der Waals surface area contributed by atoms with Crippen molar-refractivity contribution in [2.75, 3.05) is 0 Å². The van der Waals surface area contributed by atoms with Gasteiger partial charge in [0.15, 0.2) is 0 Å². The molecule has 12 heavy (non-hydrogen) atoms. The lowest BCUT2D eigenvalue weighted by atomic mass is 9.93. The predicted octanol–water partition coefficient (Wildman–Crippen LogP) is 3.39. The number of hydrogen-bond acceptors (Lipinski definition) is 1. The molecule has 1 heteroatoms. The molecule has 71 valence electrons. The second kappa shape index (κ2) is 7.33. The fourth-order valence-corrected chi connectivity index (χ4v) is 1.37. The van der Waals surface area contributed by atoms with Crippen LogP contribution in [-0.4, -0.2) is 5.78 Å². The first kappa shape index (κ1) is 11.7. The molecule has 0 aromatic rings. The third-order valence-electron chi connectivity index (χ3n) is 2.34. The maximum absolute atomic E-state index is 11.1. The van der Waals surface area contributed by atoms with E-state index in [1.165, 1.54) is 19.3 Å². The third kappa shape index (κ3) is 5.34. The van der Waals surface area contributed by atoms with Gasteiger partial charge in [-0.1, -0.05) is 39.5 Å². The summed E-state index contributed by atoms with van der Waals surface area (Å²) < 4.78 is 0. The second-order valence-electron chi connectivity index (χ2n) is 3.41. The van der Waals surface area contributed by atoms with Crippen molar-refractivity contribution < 1.29 is 4.79 Å². The van der Waals surface area contributed by atoms with Gasteiger partial charge in [-0.25, -0.2) is 0 Å². The topological polar surface area (TPSA) is 17.1 Å². The van der Waals surface area contributed by atoms with Crippen molar-refractivity contribution in [1.29, 1.82) is 0 Å². The molecule has 0 rings (SSSR count). The van der Waals surface area contributed by atoms with E-state index in [4.69, 9.17) is 0 Å². The van der Waals surface area contributed by atoms with Gasteiger partial charge in [0.2, 0.25) is 0 Å². The summed E-state index contributed by atoms with van der Waals surface area (Å²) in [5, 5.41) is 0. The summed E-state index contributed by atoms with van der Waals surface area (Å²) in [6.45, 7) is 7.96. The minimum Gasteiger partial charge on any atom is -0.300 e. The zero-order chi connectivity index (χ0) is 9.40. The van der Waals surface area contributed by atoms with Gasteiger partial charge >= 0.3 is 0 Å². The number of hydrogen-bond donors (Lipinski definition) is 0. The molecule has 1 atom stereocenters. The Hall–Kier alpha value is -0.330. The van der Waals surface area contributed by atoms with Gasteiger partial charge in [-0.3, -0.25) is 4.79 Å². The highest BCUT2D eigenvalue weighted by Gasteiger charge is 2.09. The van der Waals surface area contributed by atoms with Crippen molar-refractivity contribution in [3.05, 3.63) is 6.92 Å². The number of ketones is 1. The second-order valence-corrected chi connectivity index (χ2v) is 3.41. The van der Waals surface area contributed by atoms with Gasteiger partial charge in [0, 0.05) is 12.8 Å². The Bertz CT molecular complexity index is 118. The van der Waals surface area contributed by atoms with Gasteiger partial charge in [-0.2, -0.15) is 0 Å². The van der Waals surface area contributed by atoms with E-state index in [1.54, 1.807) is 0 Å². The molecule has 0 saturated carbocycles. The van der Waals surface area contributed by atoms with Crippen LogP contribution in [0.25, 0.3) is 0 Å². The van der Waals surface area contributed by atoms with E-state index in [2.05, 4.69) is 20.8 Å². The first-order valence-corrected chi connectivity index (χ1v) is 5.05. The molecular formula is C11H21O. The van der Waals surface area contributed by atoms with Gasteiger partial charge in [0.05, 0.1) is 0 Å². The monoisotopic (exact) mass is 169 g/mol. The molecule has 0 N–H and O–H groups in total. The molecule has 0 aliphatic rings. The molecule has 1 nitrogen and oxygen atoms in total. The van der Waals surface area contributed by atoms with Crippen LogP contribution < -0.4 is 0 Å². The number of carbonyl (C=O) groups excluding carboxylic acids is 1. The zero-order valence-corrected chi connectivity index (χ0v) is 8.44. The Balaban J connectivity index is 3.59. The van der Waals surface area contributed by atoms with E-state index in [0.29, 0.717) is 18.1 Å². The van der Waals surface area contributed by atoms with Crippen molar-refractivity contribution in [1.82, 2.24) is 0 Å². The van der Waals surface area contributed by atoms with Gasteiger partial charge in [-0.05, 0) is 12.8 Å². The smallest absolute Gasteiger partial charge is 0.133 e. The molecule has 0 spiro atoms. The van der Waals surface area contributed by atoms with Crippen LogP contribution in [-0.2, 0) is 4.79 Å². The summed E-state index contributed by atoms with van der Waals surface area (Å²) >= 11 is 0. The molecule has 0 aliphatic carbocycles. The fraction of sp³-hybridized carbons (Fsp3) is 0.818. The highest BCUT2D eigenvalue weighted by molar-refractivity contribution is 5.79. The molecular weight excluding hydrogens is 148 g/mol. The van der Waals surface area contributed by atoms with E-state index in [1.807, 2.05) is 0 Å². The quantitative estimate of drug-likeness (QED) is 0.571. The van der Waals surface area contributed by atoms with Crippen LogP contribution in [0.3, 0.4) is 0 Å². The van der Waals surface area contributed by atoms with Crippen LogP contribution in [0.5, 0.6) is 0 Å². The van der Waals surface area contributed by atoms with Crippen molar-refractivity contribution in [2.24, 2.45) is 5.92 Å². The normalized spacial score (nSPS) is 12.9. The Kier molecular flexibility index (Phi) is 7.12. The van der Waals surface area contributed by atoms with Crippen molar-refractivity contribution >= 4 is 5.78 Å². The minimum absolute atomic E-state index is 0.318. The first-order valence-electron chi connectivity index (χ1n) is 5.05. The predicted molar refractivity (Wildman–Crippen MR) is 52.9 cm³/mol. The maximum atomic E-state index is 11.1. The molecule has 0 fully saturated rings. The summed E-state index contributed by atoms with van der Waals surface area (Å²) in [5.74, 6) is 0.928. The van der Waals surface area contributed by atoms with E-state index in [-0.39, 0.29) is 0 Å². The van der Waals surface area contributed by atoms with Crippen LogP contribution in [0.1, 0.15) is 52.4 Å². The highest BCUT2D eigenvalue weighted by atomic mass is 16.1. The molecule has 0 saturated heterocycles. The lowest BCUT2D eigenvalue weighted by molar-refractivity contribution is -0.119. The number of carbonyl (C=O) groups is 1. The summed E-state index contributed by atoms with van der Waals surface area (Å²) in [4.78, 5) is 11.1. The van der Waals surface area contributed by atoms with Crippen molar-refractivity contribution in [2.45, 2.75) is 52.4 Å². The lowest BCUT2D eigenvalue weighted by Crippen LogP contribution is -2.06. The minimum atomic E-state index is 0.318. The molecule has 1 radical (unpaired) electrons. The number of unbranched alkanes of at least 4 members (excludes halogenated alkanes) is 1. The van der Waals surface area contributed by atoms with Gasteiger partial charge in [0.1, 0.15) is 5.78 Å². The van der Waals surface area contributed by atoms with Crippen molar-refractivity contribution in [3.63, 3.8) is 0 Å². The Morgan fingerprint density at radius 3 is 2.50 bits per heavy atom. The van der Waals surface area contributed by atoms with Crippen molar-refractivity contribution in [3.8, 4) is 0 Å². The van der Waals surface area contributed by atoms with Crippen LogP contribution in [0.2, 0.25) is 0 Å². The molecule has 0 bridgehead atoms. The molecule has 1 unspecified atom stereocenters. The zero-order valence-electron chi connectivity index (χ0n) is 8.44. The van der Waals surface area contributed by atoms with Gasteiger partial charge in [0.25, 0.3) is 0 Å². The Labute approximate surface area is 76.6 Å². The average Bonchev–Trinajstić information content (AvgIpc) is 2.11. The number of Topliss-reactive ketones (excluding diaryl/α,β-unsaturated/α-hetero) is 1. The summed E-state index contributed by atoms with van der Waals surface area (Å²) in [6.07, 6.45) is 6.03. The van der Waals surface area contributed by atoms with E-state index < -0.39 is 0 Å². The summed E-state index contributed by atoms with van der Waals surface area (Å²) in [6, 6.07) is 0. The van der Waals surface area contributed by atoms with Crippen LogP contribution in [0, 0.1) is 12.8 Å². The molecule has 0 aliphatic heterocycles. The largest absolute Gasteiger partial charge is 0.300 e. The number of rotatable bonds is 7. The maximum Gasteiger partial charge on any atom is 0.133 e. The van der Waals surface area contributed by atoms with E-state index in [9.17, 15) is 4.79 Å². The average molecular weight is 169 g/mol.